The lowest BCUT2D eigenvalue weighted by Gasteiger charge is -2.27. The molecule has 0 unspecified atom stereocenters. The molecule has 33 heavy (non-hydrogen) atoms. The molecule has 1 saturated heterocycles. The van der Waals surface area contributed by atoms with Crippen molar-refractivity contribution in [1.82, 2.24) is 19.3 Å². The number of hydrogen-bond donors (Lipinski definition) is 0. The summed E-state index contributed by atoms with van der Waals surface area (Å²) in [4.78, 5) is 27.7. The van der Waals surface area contributed by atoms with Crippen molar-refractivity contribution < 1.29 is 9.53 Å². The number of benzene rings is 1. The zero-order chi connectivity index (χ0) is 22.9. The average Bonchev–Trinajstić information content (AvgIpc) is 3.36. The van der Waals surface area contributed by atoms with Crippen molar-refractivity contribution >= 4 is 38.2 Å². The highest BCUT2D eigenvalue weighted by Gasteiger charge is 2.26. The van der Waals surface area contributed by atoms with E-state index in [2.05, 4.69) is 35.9 Å². The third kappa shape index (κ3) is 4.38. The molecule has 5 rings (SSSR count). The van der Waals surface area contributed by atoms with E-state index in [1.165, 1.54) is 11.1 Å². The fourth-order valence-corrected chi connectivity index (χ4v) is 5.41. The number of amides is 1. The lowest BCUT2D eigenvalue weighted by molar-refractivity contribution is 0.0376. The minimum Gasteiger partial charge on any atom is -0.379 e. The molecule has 1 aliphatic rings. The van der Waals surface area contributed by atoms with E-state index in [0.29, 0.717) is 12.2 Å². The highest BCUT2D eigenvalue weighted by molar-refractivity contribution is 7.22. The second-order valence-corrected chi connectivity index (χ2v) is 9.65. The molecule has 1 amide bonds. The van der Waals surface area contributed by atoms with Crippen LogP contribution in [0.3, 0.4) is 0 Å². The number of imidazole rings is 1. The van der Waals surface area contributed by atoms with Gasteiger partial charge >= 0.3 is 0 Å². The maximum absolute atomic E-state index is 13.9. The van der Waals surface area contributed by atoms with Crippen LogP contribution in [0, 0.1) is 20.8 Å². The summed E-state index contributed by atoms with van der Waals surface area (Å²) in [6.45, 7) is 11.1. The molecular formula is C25H29N5O2S. The largest absolute Gasteiger partial charge is 0.379 e. The van der Waals surface area contributed by atoms with Crippen LogP contribution >= 0.6 is 11.3 Å². The SMILES string of the molecule is Cc1cc2nc(N(CCCN3CCOCC3)C(=O)c3c(C)nc4ccccn34)sc2cc1C. The van der Waals surface area contributed by atoms with Crippen molar-refractivity contribution in [3.05, 3.63) is 59.0 Å². The van der Waals surface area contributed by atoms with E-state index < -0.39 is 0 Å². The summed E-state index contributed by atoms with van der Waals surface area (Å²) in [5, 5.41) is 0.743. The first-order valence-electron chi connectivity index (χ1n) is 11.4. The second kappa shape index (κ2) is 9.21. The Balaban J connectivity index is 1.49. The van der Waals surface area contributed by atoms with Crippen LogP contribution in [0.1, 0.15) is 33.7 Å². The molecule has 0 radical (unpaired) electrons. The number of morpholine rings is 1. The first-order valence-corrected chi connectivity index (χ1v) is 12.3. The van der Waals surface area contributed by atoms with Gasteiger partial charge in [0.1, 0.15) is 11.3 Å². The Hall–Kier alpha value is -2.81. The number of carbonyl (C=O) groups is 1. The number of thiazole rings is 1. The van der Waals surface area contributed by atoms with E-state index in [1.54, 1.807) is 11.3 Å². The molecule has 0 aliphatic carbocycles. The quantitative estimate of drug-likeness (QED) is 0.428. The standard InChI is InChI=1S/C25H29N5O2S/c1-17-15-20-21(16-18(17)2)33-25(27-20)30(10-6-8-28-11-13-32-14-12-28)24(31)23-19(3)26-22-7-4-5-9-29(22)23/h4-5,7,9,15-16H,6,8,10-14H2,1-3H3. The molecule has 0 saturated carbocycles. The highest BCUT2D eigenvalue weighted by Crippen LogP contribution is 2.32. The smallest absolute Gasteiger partial charge is 0.278 e. The normalized spacial score (nSPS) is 14.9. The molecule has 7 nitrogen and oxygen atoms in total. The Labute approximate surface area is 197 Å². The number of aromatic nitrogens is 3. The summed E-state index contributed by atoms with van der Waals surface area (Å²) in [5.74, 6) is -0.0549. The number of carbonyl (C=O) groups excluding carboxylic acids is 1. The first kappa shape index (κ1) is 22.0. The van der Waals surface area contributed by atoms with Gasteiger partial charge in [0, 0.05) is 32.4 Å². The van der Waals surface area contributed by atoms with Crippen molar-refractivity contribution in [2.75, 3.05) is 44.3 Å². The predicted molar refractivity (Wildman–Crippen MR) is 133 cm³/mol. The number of hydrogen-bond acceptors (Lipinski definition) is 6. The van der Waals surface area contributed by atoms with Gasteiger partial charge in [-0.05, 0) is 62.6 Å². The lowest BCUT2D eigenvalue weighted by Crippen LogP contribution is -2.39. The van der Waals surface area contributed by atoms with E-state index >= 15 is 0 Å². The van der Waals surface area contributed by atoms with Crippen molar-refractivity contribution in [3.8, 4) is 0 Å². The maximum Gasteiger partial charge on any atom is 0.278 e. The van der Waals surface area contributed by atoms with Crippen LogP contribution in [0.5, 0.6) is 0 Å². The molecule has 3 aromatic heterocycles. The Kier molecular flexibility index (Phi) is 6.14. The van der Waals surface area contributed by atoms with Crippen LogP contribution in [0.4, 0.5) is 5.13 Å². The molecule has 4 heterocycles. The number of rotatable bonds is 6. The van der Waals surface area contributed by atoms with E-state index in [0.717, 1.165) is 66.0 Å². The molecule has 1 fully saturated rings. The van der Waals surface area contributed by atoms with Gasteiger partial charge in [0.05, 0.1) is 29.1 Å². The van der Waals surface area contributed by atoms with Gasteiger partial charge in [-0.15, -0.1) is 0 Å². The molecule has 8 heteroatoms. The molecule has 0 spiro atoms. The topological polar surface area (TPSA) is 63.0 Å². The zero-order valence-electron chi connectivity index (χ0n) is 19.4. The number of fused-ring (bicyclic) bond motifs is 2. The molecular weight excluding hydrogens is 434 g/mol. The summed E-state index contributed by atoms with van der Waals surface area (Å²) in [6, 6.07) is 10.1. The van der Waals surface area contributed by atoms with Gasteiger partial charge in [-0.3, -0.25) is 19.0 Å². The first-order chi connectivity index (χ1) is 16.0. The monoisotopic (exact) mass is 463 g/mol. The van der Waals surface area contributed by atoms with Crippen molar-refractivity contribution in [2.45, 2.75) is 27.2 Å². The molecule has 0 N–H and O–H groups in total. The summed E-state index contributed by atoms with van der Waals surface area (Å²) in [5.41, 5.74) is 5.50. The van der Waals surface area contributed by atoms with Crippen LogP contribution < -0.4 is 4.90 Å². The molecule has 0 atom stereocenters. The van der Waals surface area contributed by atoms with E-state index in [1.807, 2.05) is 40.6 Å². The third-order valence-electron chi connectivity index (χ3n) is 6.34. The molecule has 4 aromatic rings. The minimum atomic E-state index is -0.0549. The van der Waals surface area contributed by atoms with Gasteiger partial charge in [0.2, 0.25) is 0 Å². The highest BCUT2D eigenvalue weighted by atomic mass is 32.1. The van der Waals surface area contributed by atoms with Crippen molar-refractivity contribution in [1.29, 1.82) is 0 Å². The number of pyridine rings is 1. The van der Waals surface area contributed by atoms with E-state index in [9.17, 15) is 4.79 Å². The average molecular weight is 464 g/mol. The van der Waals surface area contributed by atoms with Crippen LogP contribution in [-0.4, -0.2) is 64.6 Å². The zero-order valence-corrected chi connectivity index (χ0v) is 20.2. The predicted octanol–water partition coefficient (Wildman–Crippen LogP) is 4.24. The maximum atomic E-state index is 13.9. The van der Waals surface area contributed by atoms with Gasteiger partial charge < -0.3 is 4.74 Å². The van der Waals surface area contributed by atoms with Crippen LogP contribution in [0.15, 0.2) is 36.5 Å². The van der Waals surface area contributed by atoms with Gasteiger partial charge in [-0.1, -0.05) is 17.4 Å². The summed E-state index contributed by atoms with van der Waals surface area (Å²) in [7, 11) is 0. The number of anilines is 1. The molecule has 172 valence electrons. The Bertz CT molecular complexity index is 1270. The van der Waals surface area contributed by atoms with Gasteiger partial charge in [-0.2, -0.15) is 0 Å². The fraction of sp³-hybridized carbons (Fsp3) is 0.400. The summed E-state index contributed by atoms with van der Waals surface area (Å²) >= 11 is 1.58. The number of ether oxygens (including phenoxy) is 1. The Morgan fingerprint density at radius 3 is 2.73 bits per heavy atom. The van der Waals surface area contributed by atoms with E-state index in [-0.39, 0.29) is 5.91 Å². The van der Waals surface area contributed by atoms with Gasteiger partial charge in [-0.25, -0.2) is 9.97 Å². The van der Waals surface area contributed by atoms with Gasteiger partial charge in [0.15, 0.2) is 5.13 Å². The lowest BCUT2D eigenvalue weighted by atomic mass is 10.1. The third-order valence-corrected chi connectivity index (χ3v) is 7.38. The van der Waals surface area contributed by atoms with E-state index in [4.69, 9.17) is 9.72 Å². The van der Waals surface area contributed by atoms with Crippen molar-refractivity contribution in [3.63, 3.8) is 0 Å². The Morgan fingerprint density at radius 1 is 1.12 bits per heavy atom. The number of nitrogens with zero attached hydrogens (tertiary/aromatic N) is 5. The fourth-order valence-electron chi connectivity index (χ4n) is 4.34. The molecule has 1 aliphatic heterocycles. The van der Waals surface area contributed by atoms with Crippen LogP contribution in [0.25, 0.3) is 15.9 Å². The second-order valence-electron chi connectivity index (χ2n) is 8.64. The minimum absolute atomic E-state index is 0.0549. The van der Waals surface area contributed by atoms with Crippen LogP contribution in [0.2, 0.25) is 0 Å². The van der Waals surface area contributed by atoms with Crippen molar-refractivity contribution in [2.24, 2.45) is 0 Å². The van der Waals surface area contributed by atoms with Gasteiger partial charge in [0.25, 0.3) is 5.91 Å². The molecule has 0 bridgehead atoms. The molecule has 1 aromatic carbocycles. The number of aryl methyl sites for hydroxylation is 3. The summed E-state index contributed by atoms with van der Waals surface area (Å²) in [6.07, 6.45) is 2.77. The summed E-state index contributed by atoms with van der Waals surface area (Å²) < 4.78 is 8.46. The van der Waals surface area contributed by atoms with Crippen LogP contribution in [-0.2, 0) is 4.74 Å². The Morgan fingerprint density at radius 2 is 1.91 bits per heavy atom.